The van der Waals surface area contributed by atoms with Crippen molar-refractivity contribution in [2.45, 2.75) is 53.4 Å². The number of aryl methyl sites for hydroxylation is 2. The molecule has 0 radical (unpaired) electrons. The van der Waals surface area contributed by atoms with Crippen LogP contribution in [-0.2, 0) is 0 Å². The number of benzene rings is 12. The lowest BCUT2D eigenvalue weighted by Crippen LogP contribution is -3.61. The van der Waals surface area contributed by atoms with E-state index in [9.17, 15) is 0 Å². The van der Waals surface area contributed by atoms with Crippen LogP contribution in [0.2, 0.25) is 0 Å². The molecule has 0 nitrogen and oxygen atoms in total. The van der Waals surface area contributed by atoms with E-state index in [0.29, 0.717) is 11.8 Å². The third kappa shape index (κ3) is 17.9. The molecule has 0 unspecified atom stereocenters. The van der Waals surface area contributed by atoms with Crippen LogP contribution in [0.4, 0.5) is 140 Å². The minimum atomic E-state index is -6.71. The van der Waals surface area contributed by atoms with Crippen LogP contribution in [0.3, 0.4) is 0 Å². The molecule has 0 aliphatic rings. The standard InChI is InChI=1S/2C32H12BF16.C18H22I.C14H14I/c2*1-5-9-17(34)25(42)13(26(43)18(9)35)33(14-27(44)19(36)10(6-2)20(37)28(14)45,15-29(46)21(38)11(7-3)22(39)30(15)47)16-31(48)23(40)12(8-4)24(41)32(16)49;1-13(2)15-5-9-17(10-6-15)19-18-11-7-16(8-12-18)14(3)4;1-11-3-7-13(8-4-11)15-14-9-5-12(2)6-10-14/h2*5-8H,1-4H2;5-14H,1-4H3;3-10H,1-2H3/q2*-1;2*+1. The van der Waals surface area contributed by atoms with E-state index < -0.39 is 287 Å². The van der Waals surface area contributed by atoms with Crippen molar-refractivity contribution >= 4 is 105 Å². The molecule has 0 saturated carbocycles. The fourth-order valence-electron chi connectivity index (χ4n) is 14.8. The zero-order valence-corrected chi connectivity index (χ0v) is 73.0. The summed E-state index contributed by atoms with van der Waals surface area (Å²) in [6, 6.07) is 36.1. The smallest absolute Gasteiger partial charge is 0.207 e. The first-order valence-corrected chi connectivity index (χ1v) is 42.2. The molecular formula is C96H60B2F32I2. The van der Waals surface area contributed by atoms with Crippen LogP contribution in [0, 0.1) is 214 Å². The first-order chi connectivity index (χ1) is 62.0. The van der Waals surface area contributed by atoms with Gasteiger partial charge in [-0.3, -0.25) is 0 Å². The van der Waals surface area contributed by atoms with Crippen LogP contribution in [0.5, 0.6) is 0 Å². The van der Waals surface area contributed by atoms with Gasteiger partial charge in [-0.05, 0) is 85.3 Å². The zero-order valence-electron chi connectivity index (χ0n) is 68.7. The summed E-state index contributed by atoms with van der Waals surface area (Å²) in [6.45, 7) is 35.8. The second kappa shape index (κ2) is 41.4. The van der Waals surface area contributed by atoms with E-state index in [1.165, 1.54) is 36.5 Å². The Hall–Kier alpha value is -12.1. The van der Waals surface area contributed by atoms with Crippen molar-refractivity contribution < 1.29 is 183 Å². The van der Waals surface area contributed by atoms with E-state index in [2.05, 4.69) is 191 Å². The maximum Gasteiger partial charge on any atom is 0.357 e. The number of hydrogen-bond acceptors (Lipinski definition) is 0. The molecule has 36 heteroatoms. The van der Waals surface area contributed by atoms with Crippen molar-refractivity contribution in [1.29, 1.82) is 0 Å². The van der Waals surface area contributed by atoms with E-state index in [1.54, 1.807) is 0 Å². The average Bonchev–Trinajstić information content (AvgIpc) is 0.682. The molecule has 12 rings (SSSR count). The summed E-state index contributed by atoms with van der Waals surface area (Å²) in [4.78, 5) is 0. The Morgan fingerprint density at radius 3 is 0.386 bits per heavy atom. The van der Waals surface area contributed by atoms with Gasteiger partial charge in [-0.2, -0.15) is 0 Å². The number of rotatable bonds is 22. The van der Waals surface area contributed by atoms with Gasteiger partial charge in [-0.25, -0.2) is 140 Å². The second-order valence-corrected chi connectivity index (χ2v) is 35.3. The Bertz CT molecular complexity index is 5480. The SMILES string of the molecule is C=Cc1c(F)c(F)c([B-](c2c(F)c(F)c(C=C)c(F)c2F)(c2c(F)c(F)c(C=C)c(F)c2F)c2c(F)c(F)c(C=C)c(F)c2F)c(F)c1F.C=Cc1c(F)c(F)c([B-](c2c(F)c(F)c(C=C)c(F)c2F)(c2c(F)c(F)c(C=C)c(F)c2F)c2c(F)c(F)c(C=C)c(F)c2F)c(F)c1F.CC(C)c1ccc([I+]c2ccc(C(C)C)cc2)cc1.Cc1ccc([I+]c2ccc(C)cc2)cc1. The minimum Gasteiger partial charge on any atom is -0.207 e. The van der Waals surface area contributed by atoms with Crippen LogP contribution >= 0.6 is 0 Å². The van der Waals surface area contributed by atoms with E-state index in [4.69, 9.17) is 0 Å². The summed E-state index contributed by atoms with van der Waals surface area (Å²) in [5, 5.41) is 0. The molecule has 0 atom stereocenters. The summed E-state index contributed by atoms with van der Waals surface area (Å²) in [5.74, 6) is -93.7. The van der Waals surface area contributed by atoms with Gasteiger partial charge in [0.25, 0.3) is 0 Å². The van der Waals surface area contributed by atoms with E-state index in [-0.39, 0.29) is 91.0 Å². The topological polar surface area (TPSA) is 0 Å². The maximum absolute atomic E-state index is 16.1. The molecule has 0 aliphatic heterocycles. The van der Waals surface area contributed by atoms with Gasteiger partial charge in [0.05, 0.1) is 44.5 Å². The van der Waals surface area contributed by atoms with Gasteiger partial charge in [0.2, 0.25) is 0 Å². The van der Waals surface area contributed by atoms with Crippen molar-refractivity contribution in [2.75, 3.05) is 0 Å². The summed E-state index contributed by atoms with van der Waals surface area (Å²) in [6.07, 6.45) is -13.3. The molecule has 0 amide bonds. The van der Waals surface area contributed by atoms with Crippen LogP contribution in [0.25, 0.3) is 48.6 Å². The fraction of sp³-hybridized carbons (Fsp3) is 0.0833. The normalized spacial score (nSPS) is 11.4. The van der Waals surface area contributed by atoms with Gasteiger partial charge in [0.1, 0.15) is 105 Å². The Morgan fingerprint density at radius 1 is 0.182 bits per heavy atom. The van der Waals surface area contributed by atoms with Crippen molar-refractivity contribution in [3.05, 3.63) is 417 Å². The number of hydrogen-bond donors (Lipinski definition) is 0. The minimum absolute atomic E-state index is 0.00313. The van der Waals surface area contributed by atoms with Crippen molar-refractivity contribution in [3.8, 4) is 0 Å². The quantitative estimate of drug-likeness (QED) is 0.0275. The molecule has 0 N–H and O–H groups in total. The van der Waals surface area contributed by atoms with Gasteiger partial charge in [0, 0.05) is 0 Å². The zero-order chi connectivity index (χ0) is 98.9. The maximum atomic E-state index is 16.1. The van der Waals surface area contributed by atoms with Crippen molar-refractivity contribution in [1.82, 2.24) is 0 Å². The van der Waals surface area contributed by atoms with E-state index >= 15 is 140 Å². The summed E-state index contributed by atoms with van der Waals surface area (Å²) in [5.41, 5.74) is -33.8. The highest BCUT2D eigenvalue weighted by Gasteiger charge is 2.55. The van der Waals surface area contributed by atoms with Gasteiger partial charge in [0.15, 0.2) is 107 Å². The first-order valence-electron chi connectivity index (χ1n) is 37.9. The van der Waals surface area contributed by atoms with Crippen molar-refractivity contribution in [2.24, 2.45) is 0 Å². The van der Waals surface area contributed by atoms with Crippen molar-refractivity contribution in [3.63, 3.8) is 0 Å². The number of halogens is 34. The van der Waals surface area contributed by atoms with Gasteiger partial charge >= 0.3 is 42.4 Å². The highest BCUT2D eigenvalue weighted by atomic mass is 127. The molecule has 0 bridgehead atoms. The molecule has 0 fully saturated rings. The average molecular weight is 2100 g/mol. The third-order valence-electron chi connectivity index (χ3n) is 21.3. The highest BCUT2D eigenvalue weighted by molar-refractivity contribution is 7.21. The van der Waals surface area contributed by atoms with Crippen LogP contribution in [0.1, 0.15) is 106 Å². The van der Waals surface area contributed by atoms with Crippen LogP contribution in [0.15, 0.2) is 150 Å². The molecular weight excluding hydrogens is 2040 g/mol. The molecule has 12 aromatic carbocycles. The van der Waals surface area contributed by atoms with Crippen LogP contribution in [-0.4, -0.2) is 12.3 Å². The summed E-state index contributed by atoms with van der Waals surface area (Å²) in [7, 11) is 0. The Labute approximate surface area is 753 Å². The predicted molar refractivity (Wildman–Crippen MR) is 438 cm³/mol. The molecule has 0 spiro atoms. The van der Waals surface area contributed by atoms with E-state index in [0.717, 1.165) is 0 Å². The molecule has 688 valence electrons. The molecule has 12 aromatic rings. The second-order valence-electron chi connectivity index (χ2n) is 29.2. The molecule has 132 heavy (non-hydrogen) atoms. The molecule has 0 heterocycles. The first kappa shape index (κ1) is 104. The van der Waals surface area contributed by atoms with E-state index in [1.807, 2.05) is 0 Å². The monoisotopic (exact) mass is 2100 g/mol. The molecule has 0 saturated heterocycles. The highest BCUT2D eigenvalue weighted by Crippen LogP contribution is 2.37. The Balaban J connectivity index is 0.000000219. The third-order valence-corrected chi connectivity index (χ3v) is 26.6. The van der Waals surface area contributed by atoms with Gasteiger partial charge in [-0.1, -0.05) is 189 Å². The largest absolute Gasteiger partial charge is 0.357 e. The lowest BCUT2D eigenvalue weighted by Gasteiger charge is -2.45. The Morgan fingerprint density at radius 2 is 0.288 bits per heavy atom. The predicted octanol–water partition coefficient (Wildman–Crippen LogP) is 18.2. The summed E-state index contributed by atoms with van der Waals surface area (Å²) < 4.78 is 509. The fourth-order valence-corrected chi connectivity index (χ4v) is 19.1. The lowest BCUT2D eigenvalue weighted by molar-refractivity contribution is -0.597. The van der Waals surface area contributed by atoms with Gasteiger partial charge in [-0.15, -0.1) is 43.7 Å². The van der Waals surface area contributed by atoms with Crippen LogP contribution < -0.4 is 86.1 Å². The summed E-state index contributed by atoms with van der Waals surface area (Å²) >= 11 is -0.0334. The lowest BCUT2D eigenvalue weighted by atomic mass is 9.12. The Kier molecular flexibility index (Phi) is 32.5. The molecule has 0 aliphatic carbocycles. The molecule has 0 aromatic heterocycles. The van der Waals surface area contributed by atoms with Gasteiger partial charge < -0.3 is 0 Å².